The summed E-state index contributed by atoms with van der Waals surface area (Å²) in [6.45, 7) is 0. The van der Waals surface area contributed by atoms with Gasteiger partial charge in [-0.2, -0.15) is 16.4 Å². The molecule has 0 unspecified atom stereocenters. The van der Waals surface area contributed by atoms with Crippen molar-refractivity contribution in [3.63, 3.8) is 0 Å². The second kappa shape index (κ2) is 8.58. The fourth-order valence-electron chi connectivity index (χ4n) is 3.80. The summed E-state index contributed by atoms with van der Waals surface area (Å²) < 4.78 is 36.2. The van der Waals surface area contributed by atoms with E-state index in [1.807, 2.05) is 29.8 Å². The minimum Gasteiger partial charge on any atom is -0.493 e. The number of thiophene rings is 1. The molecule has 172 valence electrons. The molecule has 0 saturated heterocycles. The first-order valence-corrected chi connectivity index (χ1v) is 13.2. The summed E-state index contributed by atoms with van der Waals surface area (Å²) in [6.07, 6.45) is 4.81. The molecule has 5 aromatic rings. The van der Waals surface area contributed by atoms with Gasteiger partial charge in [-0.3, -0.25) is 0 Å². The number of sulfone groups is 1. The van der Waals surface area contributed by atoms with Crippen molar-refractivity contribution in [2.45, 2.75) is 4.90 Å². The Labute approximate surface area is 201 Å². The summed E-state index contributed by atoms with van der Waals surface area (Å²) in [6, 6.07) is 14.6. The van der Waals surface area contributed by atoms with E-state index < -0.39 is 9.84 Å². The van der Waals surface area contributed by atoms with Crippen LogP contribution in [0.1, 0.15) is 0 Å². The number of methoxy groups -OCH3 is 2. The van der Waals surface area contributed by atoms with Gasteiger partial charge in [0.15, 0.2) is 27.2 Å². The highest BCUT2D eigenvalue weighted by Crippen LogP contribution is 2.38. The second-order valence-electron chi connectivity index (χ2n) is 7.73. The average molecular weight is 492 g/mol. The van der Waals surface area contributed by atoms with Crippen molar-refractivity contribution in [2.24, 2.45) is 0 Å². The lowest BCUT2D eigenvalue weighted by molar-refractivity contribution is 0.356. The number of nitrogens with zero attached hydrogens (tertiary/aromatic N) is 3. The van der Waals surface area contributed by atoms with Crippen molar-refractivity contribution in [3.05, 3.63) is 71.7 Å². The molecule has 0 bridgehead atoms. The van der Waals surface area contributed by atoms with Gasteiger partial charge in [-0.25, -0.2) is 18.1 Å². The molecule has 0 fully saturated rings. The molecule has 0 radical (unpaired) electrons. The first-order valence-electron chi connectivity index (χ1n) is 10.3. The number of ether oxygens (including phenoxy) is 2. The summed E-state index contributed by atoms with van der Waals surface area (Å²) in [5.74, 6) is 1.89. The molecule has 0 amide bonds. The lowest BCUT2D eigenvalue weighted by Gasteiger charge is -2.13. The maximum atomic E-state index is 11.8. The van der Waals surface area contributed by atoms with Gasteiger partial charge < -0.3 is 9.47 Å². The Morgan fingerprint density at radius 1 is 0.912 bits per heavy atom. The lowest BCUT2D eigenvalue weighted by atomic mass is 10.0. The number of pyridine rings is 1. The number of fused-ring (bicyclic) bond motifs is 1. The summed E-state index contributed by atoms with van der Waals surface area (Å²) in [4.78, 5) is 5.12. The van der Waals surface area contributed by atoms with E-state index in [4.69, 9.17) is 14.5 Å². The van der Waals surface area contributed by atoms with Gasteiger partial charge in [0.25, 0.3) is 0 Å². The van der Waals surface area contributed by atoms with Gasteiger partial charge >= 0.3 is 0 Å². The van der Waals surface area contributed by atoms with Crippen molar-refractivity contribution < 1.29 is 17.9 Å². The zero-order valence-electron chi connectivity index (χ0n) is 18.7. The highest BCUT2D eigenvalue weighted by Gasteiger charge is 2.15. The molecule has 0 aliphatic heterocycles. The van der Waals surface area contributed by atoms with Crippen molar-refractivity contribution in [1.29, 1.82) is 0 Å². The molecule has 3 aromatic heterocycles. The predicted octanol–water partition coefficient (Wildman–Crippen LogP) is 5.24. The zero-order valence-corrected chi connectivity index (χ0v) is 20.4. The van der Waals surface area contributed by atoms with E-state index in [0.717, 1.165) is 33.2 Å². The van der Waals surface area contributed by atoms with Gasteiger partial charge in [0, 0.05) is 29.5 Å². The fourth-order valence-corrected chi connectivity index (χ4v) is 5.09. The van der Waals surface area contributed by atoms with Gasteiger partial charge in [-0.1, -0.05) is 12.1 Å². The average Bonchev–Trinajstić information content (AvgIpc) is 3.55. The highest BCUT2D eigenvalue weighted by atomic mass is 32.2. The Hall–Kier alpha value is -3.69. The van der Waals surface area contributed by atoms with Crippen LogP contribution in [0, 0.1) is 0 Å². The van der Waals surface area contributed by atoms with Gasteiger partial charge in [-0.15, -0.1) is 0 Å². The number of hydrogen-bond donors (Lipinski definition) is 0. The third-order valence-corrected chi connectivity index (χ3v) is 7.38. The van der Waals surface area contributed by atoms with Crippen molar-refractivity contribution >= 4 is 32.1 Å². The summed E-state index contributed by atoms with van der Waals surface area (Å²) in [7, 11) is -0.0328. The maximum Gasteiger partial charge on any atom is 0.175 e. The van der Waals surface area contributed by atoms with Crippen molar-refractivity contribution in [2.75, 3.05) is 20.5 Å². The molecular formula is C25H21N3O4S2. The first kappa shape index (κ1) is 22.1. The summed E-state index contributed by atoms with van der Waals surface area (Å²) in [5.41, 5.74) is 4.56. The molecule has 0 atom stereocenters. The lowest BCUT2D eigenvalue weighted by Crippen LogP contribution is -2.00. The van der Waals surface area contributed by atoms with Crippen LogP contribution in [-0.4, -0.2) is 43.7 Å². The van der Waals surface area contributed by atoms with E-state index in [1.165, 1.54) is 6.26 Å². The van der Waals surface area contributed by atoms with Crippen LogP contribution in [0.4, 0.5) is 0 Å². The third-order valence-electron chi connectivity index (χ3n) is 5.57. The number of rotatable bonds is 6. The first-order chi connectivity index (χ1) is 16.4. The molecule has 0 spiro atoms. The van der Waals surface area contributed by atoms with Crippen LogP contribution in [0.25, 0.3) is 39.0 Å². The number of benzene rings is 2. The Kier molecular flexibility index (Phi) is 5.59. The van der Waals surface area contributed by atoms with Crippen LogP contribution >= 0.6 is 11.3 Å². The van der Waals surface area contributed by atoms with Crippen LogP contribution in [-0.2, 0) is 9.84 Å². The monoisotopic (exact) mass is 491 g/mol. The molecule has 0 aliphatic carbocycles. The summed E-state index contributed by atoms with van der Waals surface area (Å²) in [5, 5.41) is 9.60. The Morgan fingerprint density at radius 2 is 1.65 bits per heavy atom. The Morgan fingerprint density at radius 3 is 2.29 bits per heavy atom. The van der Waals surface area contributed by atoms with E-state index in [2.05, 4.69) is 16.5 Å². The minimum absolute atomic E-state index is 0.282. The van der Waals surface area contributed by atoms with Crippen molar-refractivity contribution in [3.8, 4) is 39.6 Å². The molecule has 0 aliphatic rings. The molecule has 3 heterocycles. The quantitative estimate of drug-likeness (QED) is 0.323. The van der Waals surface area contributed by atoms with E-state index in [1.54, 1.807) is 60.7 Å². The van der Waals surface area contributed by atoms with Crippen LogP contribution in [0.5, 0.6) is 11.5 Å². The molecule has 34 heavy (non-hydrogen) atoms. The molecule has 0 saturated carbocycles. The van der Waals surface area contributed by atoms with Crippen LogP contribution in [0.3, 0.4) is 0 Å². The van der Waals surface area contributed by atoms with Crippen molar-refractivity contribution in [1.82, 2.24) is 14.8 Å². The summed E-state index contributed by atoms with van der Waals surface area (Å²) >= 11 is 1.62. The Balaban J connectivity index is 1.63. The Bertz CT molecular complexity index is 1590. The normalized spacial score (nSPS) is 11.6. The van der Waals surface area contributed by atoms with Crippen LogP contribution in [0.15, 0.2) is 76.6 Å². The minimum atomic E-state index is -3.25. The molecule has 0 N–H and O–H groups in total. The second-order valence-corrected chi connectivity index (χ2v) is 10.5. The predicted molar refractivity (Wildman–Crippen MR) is 134 cm³/mol. The standard InChI is InChI=1S/C25H21N3O4S2/c1-31-23-10-21-20(17-8-9-33-15-17)11-25(27-22(21)12-24(23)32-2)28-14-18(13-26-28)16-4-6-19(7-5-16)34(3,29)30/h4-15H,1-3H3. The fraction of sp³-hybridized carbons (Fsp3) is 0.120. The van der Waals surface area contributed by atoms with Crippen LogP contribution in [0.2, 0.25) is 0 Å². The SMILES string of the molecule is COc1cc2nc(-n3cc(-c4ccc(S(C)(=O)=O)cc4)cn3)cc(-c3ccsc3)c2cc1OC. The number of hydrogen-bond acceptors (Lipinski definition) is 7. The van der Waals surface area contributed by atoms with Gasteiger partial charge in [0.1, 0.15) is 0 Å². The third kappa shape index (κ3) is 4.04. The van der Waals surface area contributed by atoms with E-state index >= 15 is 0 Å². The molecule has 7 nitrogen and oxygen atoms in total. The molecule has 2 aromatic carbocycles. The van der Waals surface area contributed by atoms with Gasteiger partial charge in [-0.05, 0) is 57.8 Å². The maximum absolute atomic E-state index is 11.8. The van der Waals surface area contributed by atoms with E-state index in [-0.39, 0.29) is 4.90 Å². The molecule has 9 heteroatoms. The highest BCUT2D eigenvalue weighted by molar-refractivity contribution is 7.90. The van der Waals surface area contributed by atoms with E-state index in [0.29, 0.717) is 17.3 Å². The van der Waals surface area contributed by atoms with Gasteiger partial charge in [0.05, 0.1) is 30.8 Å². The topological polar surface area (TPSA) is 83.3 Å². The molecular weight excluding hydrogens is 470 g/mol. The zero-order chi connectivity index (χ0) is 23.9. The van der Waals surface area contributed by atoms with Gasteiger partial charge in [0.2, 0.25) is 0 Å². The number of aromatic nitrogens is 3. The molecule has 5 rings (SSSR count). The van der Waals surface area contributed by atoms with Crippen LogP contribution < -0.4 is 9.47 Å². The smallest absolute Gasteiger partial charge is 0.175 e. The largest absolute Gasteiger partial charge is 0.493 e. The van der Waals surface area contributed by atoms with E-state index in [9.17, 15) is 8.42 Å².